The molecule has 198 valence electrons. The third kappa shape index (κ3) is 6.13. The first-order chi connectivity index (χ1) is 17.7. The summed E-state index contributed by atoms with van der Waals surface area (Å²) in [6, 6.07) is 12.3. The van der Waals surface area contributed by atoms with Crippen molar-refractivity contribution in [3.8, 4) is 0 Å². The molecule has 0 aliphatic carbocycles. The van der Waals surface area contributed by atoms with Crippen LogP contribution >= 0.6 is 0 Å². The molecule has 5 rings (SSSR count). The largest absolute Gasteiger partial charge is 0.381 e. The van der Waals surface area contributed by atoms with Crippen molar-refractivity contribution in [2.24, 2.45) is 5.92 Å². The lowest BCUT2D eigenvalue weighted by atomic mass is 9.88. The van der Waals surface area contributed by atoms with Gasteiger partial charge in [-0.2, -0.15) is 0 Å². The van der Waals surface area contributed by atoms with Crippen LogP contribution in [0.3, 0.4) is 0 Å². The number of rotatable bonds is 8. The normalized spacial score (nSPS) is 23.8. The maximum absolute atomic E-state index is 14.1. The number of nitrogens with zero attached hydrogens (tertiary/aromatic N) is 4. The highest BCUT2D eigenvalue weighted by atomic mass is 19.1. The summed E-state index contributed by atoms with van der Waals surface area (Å²) in [5, 5.41) is 0. The van der Waals surface area contributed by atoms with E-state index < -0.39 is 0 Å². The molecule has 0 N–H and O–H groups in total. The van der Waals surface area contributed by atoms with Gasteiger partial charge in [0.2, 0.25) is 0 Å². The van der Waals surface area contributed by atoms with Crippen LogP contribution in [-0.4, -0.2) is 56.5 Å². The van der Waals surface area contributed by atoms with Gasteiger partial charge >= 0.3 is 0 Å². The van der Waals surface area contributed by atoms with E-state index in [1.165, 1.54) is 31.0 Å². The number of hydrogen-bond donors (Lipinski definition) is 0. The predicted octanol–water partition coefficient (Wildman–Crippen LogP) is 6.53. The smallest absolute Gasteiger partial charge is 0.130 e. The molecule has 36 heavy (non-hydrogen) atoms. The van der Waals surface area contributed by atoms with Crippen LogP contribution in [0.2, 0.25) is 0 Å². The fraction of sp³-hybridized carbons (Fsp3) is 0.633. The second-order valence-corrected chi connectivity index (χ2v) is 10.1. The van der Waals surface area contributed by atoms with Gasteiger partial charge < -0.3 is 19.4 Å². The average molecular weight is 497 g/mol. The molecule has 1 aromatic heterocycles. The standard InChI is InChI=1S/C28H39FN4O.C2H6/c1-2-17-34-18-12-22-21-33(27-20-24(11-13-30-27)31-14-4-3-5-15-31)26-10-7-16-32(28(22)26)25-9-6-8-23(29)19-25;1-2/h6,8-9,11,13,19-20,22,26,28H,2-5,7,10,12,14-18,21H2,1H3;1-2H3/t22-,26+,28+;/m0./s1. The van der Waals surface area contributed by atoms with Crippen molar-refractivity contribution in [2.75, 3.05) is 54.1 Å². The number of fused-ring (bicyclic) bond motifs is 1. The van der Waals surface area contributed by atoms with Crippen molar-refractivity contribution in [1.29, 1.82) is 0 Å². The lowest BCUT2D eigenvalue weighted by molar-refractivity contribution is 0.119. The van der Waals surface area contributed by atoms with Crippen molar-refractivity contribution in [3.05, 3.63) is 48.4 Å². The Morgan fingerprint density at radius 3 is 2.56 bits per heavy atom. The zero-order valence-corrected chi connectivity index (χ0v) is 22.5. The van der Waals surface area contributed by atoms with Crippen LogP contribution in [0.5, 0.6) is 0 Å². The maximum Gasteiger partial charge on any atom is 0.130 e. The summed E-state index contributed by atoms with van der Waals surface area (Å²) in [6.45, 7) is 12.0. The molecular formula is C30H45FN4O. The second-order valence-electron chi connectivity index (χ2n) is 10.1. The first-order valence-electron chi connectivity index (χ1n) is 14.3. The monoisotopic (exact) mass is 496 g/mol. The highest BCUT2D eigenvalue weighted by Crippen LogP contribution is 2.41. The summed E-state index contributed by atoms with van der Waals surface area (Å²) in [7, 11) is 0. The Morgan fingerprint density at radius 1 is 0.944 bits per heavy atom. The predicted molar refractivity (Wildman–Crippen MR) is 149 cm³/mol. The van der Waals surface area contributed by atoms with E-state index in [4.69, 9.17) is 9.72 Å². The lowest BCUT2D eigenvalue weighted by Crippen LogP contribution is -2.52. The lowest BCUT2D eigenvalue weighted by Gasteiger charge is -2.43. The van der Waals surface area contributed by atoms with E-state index in [1.807, 2.05) is 26.1 Å². The number of hydrogen-bond acceptors (Lipinski definition) is 5. The molecule has 6 heteroatoms. The Hall–Kier alpha value is -2.34. The molecule has 5 nitrogen and oxygen atoms in total. The summed E-state index contributed by atoms with van der Waals surface area (Å²) in [4.78, 5) is 12.4. The molecule has 0 radical (unpaired) electrons. The average Bonchev–Trinajstić information content (AvgIpc) is 3.32. The highest BCUT2D eigenvalue weighted by Gasteiger charge is 2.47. The second kappa shape index (κ2) is 13.3. The highest BCUT2D eigenvalue weighted by molar-refractivity contribution is 5.58. The molecule has 1 aromatic carbocycles. The van der Waals surface area contributed by atoms with E-state index in [9.17, 15) is 4.39 Å². The number of ether oxygens (including phenoxy) is 1. The Balaban J connectivity index is 0.00000148. The summed E-state index contributed by atoms with van der Waals surface area (Å²) < 4.78 is 20.0. The summed E-state index contributed by atoms with van der Waals surface area (Å²) in [5.74, 6) is 1.40. The number of piperidine rings is 2. The molecule has 3 atom stereocenters. The van der Waals surface area contributed by atoms with Crippen molar-refractivity contribution in [3.63, 3.8) is 0 Å². The molecule has 0 bridgehead atoms. The maximum atomic E-state index is 14.1. The molecule has 0 amide bonds. The molecule has 4 heterocycles. The van der Waals surface area contributed by atoms with Crippen molar-refractivity contribution in [1.82, 2.24) is 4.98 Å². The van der Waals surface area contributed by atoms with Gasteiger partial charge in [0.05, 0.1) is 12.1 Å². The van der Waals surface area contributed by atoms with Gasteiger partial charge in [-0.15, -0.1) is 0 Å². The van der Waals surface area contributed by atoms with Gasteiger partial charge in [0.25, 0.3) is 0 Å². The van der Waals surface area contributed by atoms with Crippen molar-refractivity contribution < 1.29 is 9.13 Å². The SMILES string of the molecule is CC.CCCOCC[C@H]1CN(c2cc(N3CCCCC3)ccn2)[C@@H]2CCCN(c3cccc(F)c3)[C@H]12. The number of pyridine rings is 1. The van der Waals surface area contributed by atoms with E-state index in [1.54, 1.807) is 6.07 Å². The molecule has 3 aliphatic heterocycles. The third-order valence-corrected chi connectivity index (χ3v) is 7.83. The van der Waals surface area contributed by atoms with E-state index in [0.29, 0.717) is 18.0 Å². The van der Waals surface area contributed by atoms with E-state index in [2.05, 4.69) is 39.8 Å². The van der Waals surface area contributed by atoms with Crippen molar-refractivity contribution in [2.45, 2.75) is 77.8 Å². The minimum atomic E-state index is -0.159. The van der Waals surface area contributed by atoms with Crippen LogP contribution in [0.1, 0.15) is 65.7 Å². The van der Waals surface area contributed by atoms with Crippen LogP contribution in [0, 0.1) is 11.7 Å². The Bertz CT molecular complexity index is 935. The third-order valence-electron chi connectivity index (χ3n) is 7.83. The quantitative estimate of drug-likeness (QED) is 0.388. The van der Waals surface area contributed by atoms with Gasteiger partial charge in [0.1, 0.15) is 11.6 Å². The molecule has 3 fully saturated rings. The van der Waals surface area contributed by atoms with Gasteiger partial charge in [0, 0.05) is 68.9 Å². The molecular weight excluding hydrogens is 451 g/mol. The van der Waals surface area contributed by atoms with Crippen molar-refractivity contribution >= 4 is 17.2 Å². The zero-order chi connectivity index (χ0) is 25.3. The molecule has 3 aliphatic rings. The molecule has 2 aromatic rings. The number of halogens is 1. The topological polar surface area (TPSA) is 31.8 Å². The first-order valence-corrected chi connectivity index (χ1v) is 14.3. The zero-order valence-electron chi connectivity index (χ0n) is 22.5. The molecule has 0 saturated carbocycles. The molecule has 3 saturated heterocycles. The van der Waals surface area contributed by atoms with Crippen LogP contribution in [0.4, 0.5) is 21.6 Å². The van der Waals surface area contributed by atoms with Gasteiger partial charge in [-0.05, 0) is 69.2 Å². The van der Waals surface area contributed by atoms with Crippen LogP contribution in [0.15, 0.2) is 42.6 Å². The van der Waals surface area contributed by atoms with E-state index in [-0.39, 0.29) is 5.82 Å². The van der Waals surface area contributed by atoms with Gasteiger partial charge in [-0.1, -0.05) is 26.8 Å². The van der Waals surface area contributed by atoms with Crippen LogP contribution in [0.25, 0.3) is 0 Å². The Labute approximate surface area is 217 Å². The molecule has 0 spiro atoms. The number of anilines is 3. The fourth-order valence-electron chi connectivity index (χ4n) is 6.28. The van der Waals surface area contributed by atoms with Crippen LogP contribution in [-0.2, 0) is 4.74 Å². The number of aromatic nitrogens is 1. The molecule has 0 unspecified atom stereocenters. The van der Waals surface area contributed by atoms with E-state index in [0.717, 1.165) is 76.6 Å². The first kappa shape index (κ1) is 26.7. The van der Waals surface area contributed by atoms with Gasteiger partial charge in [-0.25, -0.2) is 9.37 Å². The fourth-order valence-corrected chi connectivity index (χ4v) is 6.28. The summed E-state index contributed by atoms with van der Waals surface area (Å²) in [5.41, 5.74) is 2.31. The summed E-state index contributed by atoms with van der Waals surface area (Å²) in [6.07, 6.45) is 10.2. The Morgan fingerprint density at radius 2 is 1.78 bits per heavy atom. The number of benzene rings is 1. The van der Waals surface area contributed by atoms with E-state index >= 15 is 0 Å². The Kier molecular flexibility index (Phi) is 9.85. The van der Waals surface area contributed by atoms with Gasteiger partial charge in [-0.3, -0.25) is 0 Å². The van der Waals surface area contributed by atoms with Gasteiger partial charge in [0.15, 0.2) is 0 Å². The minimum absolute atomic E-state index is 0.159. The summed E-state index contributed by atoms with van der Waals surface area (Å²) >= 11 is 0. The van der Waals surface area contributed by atoms with Crippen LogP contribution < -0.4 is 14.7 Å². The minimum Gasteiger partial charge on any atom is -0.381 e.